The average molecular weight is 643 g/mol. The molecule has 254 valence electrons. The highest BCUT2D eigenvalue weighted by Crippen LogP contribution is 2.46. The number of hydrogen-bond donors (Lipinski definition) is 1. The highest BCUT2D eigenvalue weighted by Gasteiger charge is 2.53. The van der Waals surface area contributed by atoms with Gasteiger partial charge in [-0.25, -0.2) is 0 Å². The van der Waals surface area contributed by atoms with Crippen LogP contribution in [0.1, 0.15) is 163 Å². The van der Waals surface area contributed by atoms with Crippen LogP contribution in [0.3, 0.4) is 0 Å². The fourth-order valence-corrected chi connectivity index (χ4v) is 10.1. The summed E-state index contributed by atoms with van der Waals surface area (Å²) in [4.78, 5) is 0. The van der Waals surface area contributed by atoms with E-state index < -0.39 is 8.80 Å². The Labute approximate surface area is 275 Å². The van der Waals surface area contributed by atoms with Crippen LogP contribution in [0.25, 0.3) is 0 Å². The summed E-state index contributed by atoms with van der Waals surface area (Å²) in [7, 11) is -2.86. The molecule has 0 bridgehead atoms. The molecule has 0 saturated carbocycles. The van der Waals surface area contributed by atoms with Crippen molar-refractivity contribution in [2.24, 2.45) is 11.1 Å². The Hall–Kier alpha value is -0.433. The first-order valence-electron chi connectivity index (χ1n) is 18.1. The zero-order chi connectivity index (χ0) is 31.0. The Bertz CT molecular complexity index is 738. The minimum atomic E-state index is -2.86. The third-order valence-corrected chi connectivity index (χ3v) is 12.9. The van der Waals surface area contributed by atoms with E-state index in [-0.39, 0.29) is 23.4 Å². The first-order valence-corrected chi connectivity index (χ1v) is 20.0. The van der Waals surface area contributed by atoms with E-state index in [1.165, 1.54) is 108 Å². The van der Waals surface area contributed by atoms with E-state index in [2.05, 4.69) is 51.1 Å². The third kappa shape index (κ3) is 17.2. The molecule has 0 saturated heterocycles. The SMILES string of the molecule is CCCCCCCCCCCCCCCCCCC(C)(C[Si](OCC)(OCC)OCC)C(N)(CC)Cc1ccccc1.Cl. The molecular weight excluding hydrogens is 570 g/mol. The molecule has 1 aromatic rings. The van der Waals surface area contributed by atoms with Gasteiger partial charge in [0.25, 0.3) is 0 Å². The lowest BCUT2D eigenvalue weighted by atomic mass is 9.65. The molecule has 1 rings (SSSR count). The Morgan fingerprint density at radius 2 is 1.00 bits per heavy atom. The molecule has 0 fully saturated rings. The van der Waals surface area contributed by atoms with E-state index >= 15 is 0 Å². The van der Waals surface area contributed by atoms with Gasteiger partial charge in [-0.1, -0.05) is 154 Å². The van der Waals surface area contributed by atoms with Crippen LogP contribution >= 0.6 is 12.4 Å². The molecule has 2 atom stereocenters. The maximum Gasteiger partial charge on any atom is 0.501 e. The fourth-order valence-electron chi connectivity index (χ4n) is 6.72. The van der Waals surface area contributed by atoms with Crippen LogP contribution in [-0.2, 0) is 19.7 Å². The van der Waals surface area contributed by atoms with Gasteiger partial charge < -0.3 is 19.0 Å². The quantitative estimate of drug-likeness (QED) is 0.0698. The maximum absolute atomic E-state index is 7.43. The Morgan fingerprint density at radius 1 is 0.605 bits per heavy atom. The maximum atomic E-state index is 7.43. The van der Waals surface area contributed by atoms with Crippen molar-refractivity contribution >= 4 is 21.2 Å². The molecule has 43 heavy (non-hydrogen) atoms. The summed E-state index contributed by atoms with van der Waals surface area (Å²) in [6.07, 6.45) is 25.0. The first kappa shape index (κ1) is 42.6. The molecule has 1 aromatic carbocycles. The van der Waals surface area contributed by atoms with Gasteiger partial charge in [-0.2, -0.15) is 0 Å². The second kappa shape index (κ2) is 25.7. The second-order valence-corrected chi connectivity index (χ2v) is 15.5. The van der Waals surface area contributed by atoms with Gasteiger partial charge in [0.15, 0.2) is 0 Å². The van der Waals surface area contributed by atoms with Crippen molar-refractivity contribution in [3.05, 3.63) is 35.9 Å². The van der Waals surface area contributed by atoms with Gasteiger partial charge in [-0.3, -0.25) is 0 Å². The molecule has 2 unspecified atom stereocenters. The van der Waals surface area contributed by atoms with E-state index in [9.17, 15) is 0 Å². The zero-order valence-corrected chi connectivity index (χ0v) is 31.2. The predicted octanol–water partition coefficient (Wildman–Crippen LogP) is 11.5. The topological polar surface area (TPSA) is 53.7 Å². The molecule has 0 amide bonds. The fraction of sp³-hybridized carbons (Fsp3) is 0.838. The van der Waals surface area contributed by atoms with E-state index in [4.69, 9.17) is 19.0 Å². The molecule has 0 spiro atoms. The standard InChI is InChI=1S/C37H71NO3Si.ClH/c1-7-12-13-14-15-16-17-18-19-20-21-22-23-24-25-29-32-36(6,34-42(39-9-3,40-10-4)41-11-5)37(38,8-2)33-35-30-27-26-28-31-35;/h26-28,30-31H,7-25,29,32-34,38H2,1-6H3;1H. The van der Waals surface area contributed by atoms with Gasteiger partial charge in [0.1, 0.15) is 0 Å². The van der Waals surface area contributed by atoms with Crippen molar-refractivity contribution in [2.45, 2.75) is 175 Å². The number of nitrogens with two attached hydrogens (primary N) is 1. The summed E-state index contributed by atoms with van der Waals surface area (Å²) in [5, 5.41) is 0. The summed E-state index contributed by atoms with van der Waals surface area (Å²) in [6.45, 7) is 14.9. The Morgan fingerprint density at radius 3 is 1.37 bits per heavy atom. The van der Waals surface area contributed by atoms with Gasteiger partial charge in [-0.15, -0.1) is 12.4 Å². The molecule has 6 heteroatoms. The summed E-state index contributed by atoms with van der Waals surface area (Å²) in [5.74, 6) is 0. The van der Waals surface area contributed by atoms with E-state index in [1.807, 2.05) is 20.8 Å². The van der Waals surface area contributed by atoms with Crippen LogP contribution in [0.4, 0.5) is 0 Å². The van der Waals surface area contributed by atoms with Crippen molar-refractivity contribution in [3.8, 4) is 0 Å². The zero-order valence-electron chi connectivity index (χ0n) is 29.4. The number of benzene rings is 1. The monoisotopic (exact) mass is 641 g/mol. The number of rotatable bonds is 29. The number of halogens is 1. The Kier molecular flexibility index (Phi) is 25.5. The van der Waals surface area contributed by atoms with Crippen LogP contribution in [-0.4, -0.2) is 34.2 Å². The highest BCUT2D eigenvalue weighted by atomic mass is 35.5. The van der Waals surface area contributed by atoms with Crippen LogP contribution < -0.4 is 5.73 Å². The van der Waals surface area contributed by atoms with Crippen molar-refractivity contribution in [3.63, 3.8) is 0 Å². The minimum absolute atomic E-state index is 0. The molecule has 0 heterocycles. The molecule has 0 aliphatic carbocycles. The lowest BCUT2D eigenvalue weighted by Crippen LogP contribution is -2.60. The molecule has 0 aromatic heterocycles. The average Bonchev–Trinajstić information content (AvgIpc) is 2.97. The minimum Gasteiger partial charge on any atom is -0.374 e. The van der Waals surface area contributed by atoms with Gasteiger partial charge in [0.2, 0.25) is 0 Å². The smallest absolute Gasteiger partial charge is 0.374 e. The summed E-state index contributed by atoms with van der Waals surface area (Å²) in [6, 6.07) is 11.5. The molecular formula is C37H72ClNO3Si. The first-order chi connectivity index (χ1) is 20.3. The predicted molar refractivity (Wildman–Crippen MR) is 192 cm³/mol. The summed E-state index contributed by atoms with van der Waals surface area (Å²) >= 11 is 0. The van der Waals surface area contributed by atoms with Crippen molar-refractivity contribution in [1.82, 2.24) is 0 Å². The normalized spacial score (nSPS) is 14.7. The van der Waals surface area contributed by atoms with Gasteiger partial charge in [-0.05, 0) is 51.0 Å². The highest BCUT2D eigenvalue weighted by molar-refractivity contribution is 6.61. The third-order valence-electron chi connectivity index (χ3n) is 9.48. The van der Waals surface area contributed by atoms with Gasteiger partial charge >= 0.3 is 8.80 Å². The number of unbranched alkanes of at least 4 members (excludes halogenated alkanes) is 15. The van der Waals surface area contributed by atoms with Crippen LogP contribution in [0.15, 0.2) is 30.3 Å². The van der Waals surface area contributed by atoms with Gasteiger partial charge in [0.05, 0.1) is 0 Å². The van der Waals surface area contributed by atoms with Gasteiger partial charge in [0, 0.05) is 31.4 Å². The largest absolute Gasteiger partial charge is 0.501 e. The van der Waals surface area contributed by atoms with Crippen LogP contribution in [0, 0.1) is 5.41 Å². The van der Waals surface area contributed by atoms with Crippen LogP contribution in [0.5, 0.6) is 0 Å². The Balaban J connectivity index is 0.0000176. The van der Waals surface area contributed by atoms with Crippen molar-refractivity contribution in [2.75, 3.05) is 19.8 Å². The molecule has 0 radical (unpaired) electrons. The van der Waals surface area contributed by atoms with Crippen LogP contribution in [0.2, 0.25) is 6.04 Å². The molecule has 4 nitrogen and oxygen atoms in total. The van der Waals surface area contributed by atoms with E-state index in [0.29, 0.717) is 19.8 Å². The molecule has 0 aliphatic heterocycles. The molecule has 2 N–H and O–H groups in total. The summed E-state index contributed by atoms with van der Waals surface area (Å²) in [5.41, 5.74) is 8.21. The lowest BCUT2D eigenvalue weighted by molar-refractivity contribution is 0.0405. The van der Waals surface area contributed by atoms with E-state index in [0.717, 1.165) is 25.3 Å². The lowest BCUT2D eigenvalue weighted by Gasteiger charge is -2.49. The number of hydrogen-bond acceptors (Lipinski definition) is 4. The van der Waals surface area contributed by atoms with E-state index in [1.54, 1.807) is 0 Å². The van der Waals surface area contributed by atoms with Crippen molar-refractivity contribution in [1.29, 1.82) is 0 Å². The summed E-state index contributed by atoms with van der Waals surface area (Å²) < 4.78 is 19.1. The van der Waals surface area contributed by atoms with Crippen molar-refractivity contribution < 1.29 is 13.3 Å². The molecule has 0 aliphatic rings. The second-order valence-electron chi connectivity index (χ2n) is 12.9.